The minimum Gasteiger partial charge on any atom is -0.380 e. The van der Waals surface area contributed by atoms with Crippen molar-refractivity contribution in [2.45, 2.75) is 22.7 Å². The van der Waals surface area contributed by atoms with Gasteiger partial charge in [0.05, 0.1) is 11.6 Å². The summed E-state index contributed by atoms with van der Waals surface area (Å²) in [6.07, 6.45) is 2.74. The summed E-state index contributed by atoms with van der Waals surface area (Å²) in [5.74, 6) is 0. The molecule has 0 spiro atoms. The molecule has 0 saturated carbocycles. The molecule has 0 amide bonds. The minimum absolute atomic E-state index is 0.217. The van der Waals surface area contributed by atoms with E-state index >= 15 is 0 Å². The fraction of sp³-hybridized carbons (Fsp3) is 0.500. The van der Waals surface area contributed by atoms with Crippen LogP contribution in [-0.2, 0) is 4.74 Å². The summed E-state index contributed by atoms with van der Waals surface area (Å²) >= 11 is 5.06. The number of aromatic nitrogens is 1. The van der Waals surface area contributed by atoms with Crippen LogP contribution in [0.3, 0.4) is 0 Å². The van der Waals surface area contributed by atoms with Crippen molar-refractivity contribution in [3.05, 3.63) is 22.8 Å². The van der Waals surface area contributed by atoms with Gasteiger partial charge in [-0.25, -0.2) is 4.98 Å². The van der Waals surface area contributed by atoms with E-state index in [1.165, 1.54) is 0 Å². The number of rotatable bonds is 2. The van der Waals surface area contributed by atoms with Crippen LogP contribution in [-0.4, -0.2) is 29.5 Å². The molecule has 2 unspecified atom stereocenters. The van der Waals surface area contributed by atoms with E-state index in [9.17, 15) is 0 Å². The monoisotopic (exact) mass is 288 g/mol. The molecule has 2 atom stereocenters. The Labute approximate surface area is 102 Å². The molecule has 1 aromatic rings. The number of hydrogen-bond donors (Lipinski definition) is 1. The number of ether oxygens (including phenoxy) is 1. The lowest BCUT2D eigenvalue weighted by Gasteiger charge is -2.27. The molecule has 0 radical (unpaired) electrons. The molecule has 1 fully saturated rings. The van der Waals surface area contributed by atoms with Crippen molar-refractivity contribution in [2.75, 3.05) is 13.2 Å². The molecule has 82 valence electrons. The Morgan fingerprint density at radius 2 is 2.40 bits per heavy atom. The first-order valence-corrected chi connectivity index (χ1v) is 6.54. The Morgan fingerprint density at radius 1 is 1.53 bits per heavy atom. The fourth-order valence-corrected chi connectivity index (χ4v) is 2.72. The van der Waals surface area contributed by atoms with Gasteiger partial charge in [0.15, 0.2) is 0 Å². The van der Waals surface area contributed by atoms with Crippen molar-refractivity contribution in [2.24, 2.45) is 5.73 Å². The third-order valence-corrected chi connectivity index (χ3v) is 4.07. The highest BCUT2D eigenvalue weighted by Gasteiger charge is 2.23. The van der Waals surface area contributed by atoms with Crippen LogP contribution < -0.4 is 5.73 Å². The van der Waals surface area contributed by atoms with Gasteiger partial charge in [-0.1, -0.05) is 11.8 Å². The van der Waals surface area contributed by atoms with Crippen LogP contribution in [0, 0.1) is 0 Å². The molecule has 0 bridgehead atoms. The predicted octanol–water partition coefficient (Wildman–Crippen LogP) is 2.05. The molecule has 1 saturated heterocycles. The van der Waals surface area contributed by atoms with Gasteiger partial charge in [-0.05, 0) is 34.5 Å². The standard InChI is InChI=1S/C10H13BrN2OS/c11-7-1-2-10(13-5-7)15-9-6-14-4-3-8(9)12/h1-2,5,8-9H,3-4,6,12H2. The zero-order valence-corrected chi connectivity index (χ0v) is 10.6. The van der Waals surface area contributed by atoms with E-state index in [2.05, 4.69) is 20.9 Å². The molecular weight excluding hydrogens is 276 g/mol. The van der Waals surface area contributed by atoms with Gasteiger partial charge in [0.25, 0.3) is 0 Å². The maximum absolute atomic E-state index is 6.02. The summed E-state index contributed by atoms with van der Waals surface area (Å²) in [5, 5.41) is 1.33. The smallest absolute Gasteiger partial charge is 0.0964 e. The number of nitrogens with zero attached hydrogens (tertiary/aromatic N) is 1. The number of nitrogens with two attached hydrogens (primary N) is 1. The van der Waals surface area contributed by atoms with Crippen LogP contribution in [0.5, 0.6) is 0 Å². The Balaban J connectivity index is 1.98. The molecule has 1 aliphatic heterocycles. The van der Waals surface area contributed by atoms with Crippen LogP contribution in [0.25, 0.3) is 0 Å². The van der Waals surface area contributed by atoms with Gasteiger partial charge in [0, 0.05) is 28.6 Å². The highest BCUT2D eigenvalue weighted by Crippen LogP contribution is 2.27. The summed E-state index contributed by atoms with van der Waals surface area (Å²) in [5.41, 5.74) is 6.02. The summed E-state index contributed by atoms with van der Waals surface area (Å²) < 4.78 is 6.41. The van der Waals surface area contributed by atoms with Gasteiger partial charge in [0.2, 0.25) is 0 Å². The van der Waals surface area contributed by atoms with E-state index < -0.39 is 0 Å². The molecule has 1 aliphatic rings. The van der Waals surface area contributed by atoms with Gasteiger partial charge < -0.3 is 10.5 Å². The van der Waals surface area contributed by atoms with E-state index in [1.54, 1.807) is 18.0 Å². The topological polar surface area (TPSA) is 48.1 Å². The van der Waals surface area contributed by atoms with Gasteiger partial charge >= 0.3 is 0 Å². The van der Waals surface area contributed by atoms with E-state index in [-0.39, 0.29) is 6.04 Å². The lowest BCUT2D eigenvalue weighted by atomic mass is 10.1. The summed E-state index contributed by atoms with van der Waals surface area (Å²) in [6.45, 7) is 1.51. The molecule has 5 heteroatoms. The van der Waals surface area contributed by atoms with Gasteiger partial charge in [0.1, 0.15) is 0 Å². The van der Waals surface area contributed by atoms with Gasteiger partial charge in [-0.15, -0.1) is 0 Å². The number of pyridine rings is 1. The van der Waals surface area contributed by atoms with Crippen LogP contribution in [0.4, 0.5) is 0 Å². The largest absolute Gasteiger partial charge is 0.380 e. The Morgan fingerprint density at radius 3 is 3.07 bits per heavy atom. The summed E-state index contributed by atoms with van der Waals surface area (Å²) in [6, 6.07) is 4.20. The van der Waals surface area contributed by atoms with E-state index in [1.807, 2.05) is 12.1 Å². The Kier molecular flexibility index (Phi) is 4.02. The second kappa shape index (κ2) is 5.30. The lowest BCUT2D eigenvalue weighted by Crippen LogP contribution is -2.40. The Hall–Kier alpha value is -0.100. The molecule has 0 aliphatic carbocycles. The minimum atomic E-state index is 0.217. The highest BCUT2D eigenvalue weighted by atomic mass is 79.9. The van der Waals surface area contributed by atoms with E-state index in [0.29, 0.717) is 5.25 Å². The first-order valence-electron chi connectivity index (χ1n) is 4.87. The van der Waals surface area contributed by atoms with E-state index in [4.69, 9.17) is 10.5 Å². The Bertz CT molecular complexity index is 320. The van der Waals surface area contributed by atoms with Crippen molar-refractivity contribution >= 4 is 27.7 Å². The first kappa shape index (κ1) is 11.4. The molecule has 2 heterocycles. The fourth-order valence-electron chi connectivity index (χ4n) is 1.44. The maximum atomic E-state index is 6.02. The second-order valence-electron chi connectivity index (χ2n) is 3.50. The molecule has 2 rings (SSSR count). The van der Waals surface area contributed by atoms with E-state index in [0.717, 1.165) is 29.1 Å². The van der Waals surface area contributed by atoms with Crippen molar-refractivity contribution in [3.63, 3.8) is 0 Å². The maximum Gasteiger partial charge on any atom is 0.0964 e. The van der Waals surface area contributed by atoms with Gasteiger partial charge in [-0.2, -0.15) is 0 Å². The quantitative estimate of drug-likeness (QED) is 0.905. The SMILES string of the molecule is NC1CCOCC1Sc1ccc(Br)cn1. The molecule has 3 nitrogen and oxygen atoms in total. The van der Waals surface area contributed by atoms with Crippen LogP contribution in [0.2, 0.25) is 0 Å². The summed E-state index contributed by atoms with van der Waals surface area (Å²) in [7, 11) is 0. The van der Waals surface area contributed by atoms with Crippen molar-refractivity contribution in [1.82, 2.24) is 4.98 Å². The number of thioether (sulfide) groups is 1. The summed E-state index contributed by atoms with van der Waals surface area (Å²) in [4.78, 5) is 4.31. The number of hydrogen-bond acceptors (Lipinski definition) is 4. The van der Waals surface area contributed by atoms with Crippen LogP contribution in [0.15, 0.2) is 27.8 Å². The second-order valence-corrected chi connectivity index (χ2v) is 5.67. The number of halogens is 1. The molecule has 0 aromatic carbocycles. The van der Waals surface area contributed by atoms with Crippen molar-refractivity contribution in [3.8, 4) is 0 Å². The molecular formula is C10H13BrN2OS. The third-order valence-electron chi connectivity index (χ3n) is 2.33. The normalized spacial score (nSPS) is 26.5. The molecule has 1 aromatic heterocycles. The average molecular weight is 289 g/mol. The zero-order chi connectivity index (χ0) is 10.7. The van der Waals surface area contributed by atoms with Crippen LogP contribution in [0.1, 0.15) is 6.42 Å². The molecule has 2 N–H and O–H groups in total. The predicted molar refractivity (Wildman–Crippen MR) is 65.0 cm³/mol. The molecule has 15 heavy (non-hydrogen) atoms. The van der Waals surface area contributed by atoms with Crippen molar-refractivity contribution in [1.29, 1.82) is 0 Å². The van der Waals surface area contributed by atoms with Crippen LogP contribution >= 0.6 is 27.7 Å². The third kappa shape index (κ3) is 3.17. The van der Waals surface area contributed by atoms with Crippen molar-refractivity contribution < 1.29 is 4.74 Å². The first-order chi connectivity index (χ1) is 7.25. The highest BCUT2D eigenvalue weighted by molar-refractivity contribution is 9.10. The lowest BCUT2D eigenvalue weighted by molar-refractivity contribution is 0.0915. The van der Waals surface area contributed by atoms with Gasteiger partial charge in [-0.3, -0.25) is 0 Å². The zero-order valence-electron chi connectivity index (χ0n) is 8.23. The average Bonchev–Trinajstić information content (AvgIpc) is 2.25.